The molecule has 0 aliphatic heterocycles. The molecule has 2 N–H and O–H groups in total. The monoisotopic (exact) mass is 285 g/mol. The lowest BCUT2D eigenvalue weighted by Gasteiger charge is -2.09. The quantitative estimate of drug-likeness (QED) is 0.854. The Morgan fingerprint density at radius 1 is 1.11 bits per heavy atom. The van der Waals surface area contributed by atoms with Gasteiger partial charge in [0.1, 0.15) is 12.4 Å². The van der Waals surface area contributed by atoms with Gasteiger partial charge in [-0.1, -0.05) is 35.3 Å². The SMILES string of the molecule is Nc1cccc(COc2cc(Cl)cc(Cl)c2)c1F. The van der Waals surface area contributed by atoms with Crippen molar-refractivity contribution in [2.75, 3.05) is 5.73 Å². The molecule has 0 aromatic heterocycles. The first-order valence-electron chi connectivity index (χ1n) is 5.18. The molecule has 0 atom stereocenters. The molecule has 2 aromatic rings. The summed E-state index contributed by atoms with van der Waals surface area (Å²) in [5.41, 5.74) is 5.94. The van der Waals surface area contributed by atoms with Crippen molar-refractivity contribution >= 4 is 28.9 Å². The second-order valence-electron chi connectivity index (χ2n) is 3.71. The van der Waals surface area contributed by atoms with Crippen LogP contribution in [0.1, 0.15) is 5.56 Å². The molecule has 0 aliphatic carbocycles. The van der Waals surface area contributed by atoms with Crippen molar-refractivity contribution in [1.29, 1.82) is 0 Å². The van der Waals surface area contributed by atoms with E-state index in [2.05, 4.69) is 0 Å². The van der Waals surface area contributed by atoms with Gasteiger partial charge in [-0.25, -0.2) is 4.39 Å². The van der Waals surface area contributed by atoms with E-state index in [-0.39, 0.29) is 12.3 Å². The molecule has 0 saturated carbocycles. The summed E-state index contributed by atoms with van der Waals surface area (Å²) in [5.74, 6) is 0.0138. The second kappa shape index (κ2) is 5.46. The first-order valence-corrected chi connectivity index (χ1v) is 5.93. The van der Waals surface area contributed by atoms with Crippen molar-refractivity contribution in [1.82, 2.24) is 0 Å². The molecule has 2 aromatic carbocycles. The molecule has 5 heteroatoms. The Hall–Kier alpha value is -1.45. The van der Waals surface area contributed by atoms with Crippen molar-refractivity contribution < 1.29 is 9.13 Å². The van der Waals surface area contributed by atoms with E-state index in [0.717, 1.165) is 0 Å². The van der Waals surface area contributed by atoms with Gasteiger partial charge in [-0.05, 0) is 24.3 Å². The standard InChI is InChI=1S/C13H10Cl2FNO/c14-9-4-10(15)6-11(5-9)18-7-8-2-1-3-12(17)13(8)16/h1-6H,7,17H2. The number of hydrogen-bond donors (Lipinski definition) is 1. The first-order chi connectivity index (χ1) is 8.56. The summed E-state index contributed by atoms with van der Waals surface area (Å²) in [5, 5.41) is 0.927. The summed E-state index contributed by atoms with van der Waals surface area (Å²) in [7, 11) is 0. The van der Waals surface area contributed by atoms with E-state index >= 15 is 0 Å². The lowest BCUT2D eigenvalue weighted by atomic mass is 10.2. The van der Waals surface area contributed by atoms with Crippen LogP contribution in [-0.2, 0) is 6.61 Å². The third kappa shape index (κ3) is 3.06. The van der Waals surface area contributed by atoms with Gasteiger partial charge in [0.05, 0.1) is 5.69 Å². The van der Waals surface area contributed by atoms with E-state index in [1.54, 1.807) is 30.3 Å². The molecule has 18 heavy (non-hydrogen) atoms. The van der Waals surface area contributed by atoms with Gasteiger partial charge in [-0.2, -0.15) is 0 Å². The molecule has 0 bridgehead atoms. The summed E-state index contributed by atoms with van der Waals surface area (Å²) in [6.07, 6.45) is 0. The van der Waals surface area contributed by atoms with Crippen molar-refractivity contribution in [3.8, 4) is 5.75 Å². The molecule has 2 rings (SSSR count). The Morgan fingerprint density at radius 2 is 1.78 bits per heavy atom. The normalized spacial score (nSPS) is 10.4. The minimum Gasteiger partial charge on any atom is -0.489 e. The lowest BCUT2D eigenvalue weighted by Crippen LogP contribution is -2.01. The summed E-state index contributed by atoms with van der Waals surface area (Å²) in [6, 6.07) is 9.58. The van der Waals surface area contributed by atoms with Crippen LogP contribution in [0, 0.1) is 5.82 Å². The van der Waals surface area contributed by atoms with Crippen molar-refractivity contribution in [3.05, 3.63) is 57.8 Å². The van der Waals surface area contributed by atoms with Crippen LogP contribution in [0.5, 0.6) is 5.75 Å². The van der Waals surface area contributed by atoms with Crippen molar-refractivity contribution in [2.24, 2.45) is 0 Å². The van der Waals surface area contributed by atoms with Gasteiger partial charge < -0.3 is 10.5 Å². The van der Waals surface area contributed by atoms with E-state index in [4.69, 9.17) is 33.7 Å². The molecule has 2 nitrogen and oxygen atoms in total. The van der Waals surface area contributed by atoms with Gasteiger partial charge in [0.15, 0.2) is 5.82 Å². The number of anilines is 1. The predicted octanol–water partition coefficient (Wildman–Crippen LogP) is 4.29. The van der Waals surface area contributed by atoms with Crippen LogP contribution in [0.3, 0.4) is 0 Å². The van der Waals surface area contributed by atoms with Crippen LogP contribution in [0.2, 0.25) is 10.0 Å². The van der Waals surface area contributed by atoms with Crippen molar-refractivity contribution in [3.63, 3.8) is 0 Å². The van der Waals surface area contributed by atoms with E-state index in [9.17, 15) is 4.39 Å². The van der Waals surface area contributed by atoms with E-state index in [1.807, 2.05) is 0 Å². The number of nitrogen functional groups attached to an aromatic ring is 1. The van der Waals surface area contributed by atoms with Gasteiger partial charge in [-0.15, -0.1) is 0 Å². The maximum Gasteiger partial charge on any atom is 0.152 e. The van der Waals surface area contributed by atoms with Gasteiger partial charge in [0.25, 0.3) is 0 Å². The molecule has 0 spiro atoms. The second-order valence-corrected chi connectivity index (χ2v) is 4.59. The smallest absolute Gasteiger partial charge is 0.152 e. The number of nitrogens with two attached hydrogens (primary N) is 1. The Morgan fingerprint density at radius 3 is 2.44 bits per heavy atom. The average Bonchev–Trinajstić information content (AvgIpc) is 2.30. The van der Waals surface area contributed by atoms with Crippen LogP contribution in [0.4, 0.5) is 10.1 Å². The largest absolute Gasteiger partial charge is 0.489 e. The molecule has 0 heterocycles. The Balaban J connectivity index is 2.14. The van der Waals surface area contributed by atoms with E-state index in [1.165, 1.54) is 6.07 Å². The molecule has 94 valence electrons. The Labute approximate surface area is 114 Å². The maximum atomic E-state index is 13.6. The summed E-state index contributed by atoms with van der Waals surface area (Å²) in [6.45, 7) is 0.0630. The summed E-state index contributed by atoms with van der Waals surface area (Å²) >= 11 is 11.7. The summed E-state index contributed by atoms with van der Waals surface area (Å²) in [4.78, 5) is 0. The molecule has 0 unspecified atom stereocenters. The number of halogens is 3. The van der Waals surface area contributed by atoms with Crippen LogP contribution in [-0.4, -0.2) is 0 Å². The Bertz CT molecular complexity index is 555. The minimum absolute atomic E-state index is 0.0630. The average molecular weight is 286 g/mol. The van der Waals surface area contributed by atoms with Crippen LogP contribution in [0.25, 0.3) is 0 Å². The fourth-order valence-corrected chi connectivity index (χ4v) is 1.99. The molecular weight excluding hydrogens is 276 g/mol. The topological polar surface area (TPSA) is 35.2 Å². The predicted molar refractivity (Wildman–Crippen MR) is 71.6 cm³/mol. The number of benzene rings is 2. The molecule has 0 amide bonds. The molecule has 0 radical (unpaired) electrons. The zero-order valence-corrected chi connectivity index (χ0v) is 10.8. The third-order valence-corrected chi connectivity index (χ3v) is 2.78. The highest BCUT2D eigenvalue weighted by molar-refractivity contribution is 6.34. The van der Waals surface area contributed by atoms with E-state index in [0.29, 0.717) is 21.4 Å². The highest BCUT2D eigenvalue weighted by Gasteiger charge is 2.06. The highest BCUT2D eigenvalue weighted by atomic mass is 35.5. The Kier molecular flexibility index (Phi) is 3.94. The van der Waals surface area contributed by atoms with Gasteiger partial charge in [0, 0.05) is 15.6 Å². The zero-order valence-electron chi connectivity index (χ0n) is 9.29. The first kappa shape index (κ1) is 13.0. The summed E-state index contributed by atoms with van der Waals surface area (Å²) < 4.78 is 19.0. The van der Waals surface area contributed by atoms with Crippen LogP contribution < -0.4 is 10.5 Å². The maximum absolute atomic E-state index is 13.6. The van der Waals surface area contributed by atoms with E-state index < -0.39 is 5.82 Å². The molecule has 0 aliphatic rings. The molecular formula is C13H10Cl2FNO. The minimum atomic E-state index is -0.467. The zero-order chi connectivity index (χ0) is 13.1. The fraction of sp³-hybridized carbons (Fsp3) is 0.0769. The highest BCUT2D eigenvalue weighted by Crippen LogP contribution is 2.25. The molecule has 0 saturated heterocycles. The number of rotatable bonds is 3. The number of ether oxygens (including phenoxy) is 1. The lowest BCUT2D eigenvalue weighted by molar-refractivity contribution is 0.300. The van der Waals surface area contributed by atoms with Crippen LogP contribution >= 0.6 is 23.2 Å². The van der Waals surface area contributed by atoms with Gasteiger partial charge in [0.2, 0.25) is 0 Å². The van der Waals surface area contributed by atoms with Crippen molar-refractivity contribution in [2.45, 2.75) is 6.61 Å². The van der Waals surface area contributed by atoms with Gasteiger partial charge in [-0.3, -0.25) is 0 Å². The fourth-order valence-electron chi connectivity index (χ4n) is 1.48. The third-order valence-electron chi connectivity index (χ3n) is 2.34. The number of hydrogen-bond acceptors (Lipinski definition) is 2. The van der Waals surface area contributed by atoms with Gasteiger partial charge >= 0.3 is 0 Å². The van der Waals surface area contributed by atoms with Crippen LogP contribution in [0.15, 0.2) is 36.4 Å². The molecule has 0 fully saturated rings.